The van der Waals surface area contributed by atoms with Crippen molar-refractivity contribution < 1.29 is 14.3 Å². The minimum Gasteiger partial charge on any atom is -0.345 e. The minimum absolute atomic E-state index is 0.193. The summed E-state index contributed by atoms with van der Waals surface area (Å²) >= 11 is 0. The van der Waals surface area contributed by atoms with Crippen molar-refractivity contribution in [2.75, 3.05) is 0 Å². The number of carbonyl (C=O) groups is 1. The first-order valence-corrected chi connectivity index (χ1v) is 5.61. The van der Waals surface area contributed by atoms with Crippen molar-refractivity contribution in [3.63, 3.8) is 0 Å². The molecule has 3 nitrogen and oxygen atoms in total. The van der Waals surface area contributed by atoms with Gasteiger partial charge >= 0.3 is 0 Å². The Morgan fingerprint density at radius 1 is 1.47 bits per heavy atom. The Kier molecular flexibility index (Phi) is 1.86. The van der Waals surface area contributed by atoms with E-state index >= 15 is 0 Å². The van der Waals surface area contributed by atoms with Gasteiger partial charge in [0.05, 0.1) is 12.2 Å². The zero-order chi connectivity index (χ0) is 10.6. The molecule has 3 aliphatic rings. The first-order valence-electron chi connectivity index (χ1n) is 5.61. The summed E-state index contributed by atoms with van der Waals surface area (Å²) in [6, 6.07) is 0. The second-order valence-corrected chi connectivity index (χ2v) is 5.20. The zero-order valence-corrected chi connectivity index (χ0v) is 9.10. The van der Waals surface area contributed by atoms with Gasteiger partial charge in [0.25, 0.3) is 0 Å². The Morgan fingerprint density at radius 3 is 3.00 bits per heavy atom. The van der Waals surface area contributed by atoms with Crippen LogP contribution in [0.1, 0.15) is 26.7 Å². The normalized spacial score (nSPS) is 46.1. The molecule has 15 heavy (non-hydrogen) atoms. The third kappa shape index (κ3) is 1.30. The lowest BCUT2D eigenvalue weighted by atomic mass is 9.94. The molecule has 0 amide bonds. The average molecular weight is 208 g/mol. The van der Waals surface area contributed by atoms with Crippen LogP contribution in [0.2, 0.25) is 0 Å². The molecule has 0 aromatic carbocycles. The fourth-order valence-electron chi connectivity index (χ4n) is 3.30. The van der Waals surface area contributed by atoms with E-state index in [4.69, 9.17) is 9.47 Å². The Morgan fingerprint density at radius 2 is 2.27 bits per heavy atom. The summed E-state index contributed by atoms with van der Waals surface area (Å²) in [6.07, 6.45) is 5.37. The maximum Gasteiger partial charge on any atom is 0.163 e. The lowest BCUT2D eigenvalue weighted by molar-refractivity contribution is -0.158. The number of allylic oxidation sites excluding steroid dienone is 2. The Hall–Kier alpha value is -0.670. The molecule has 2 aliphatic carbocycles. The highest BCUT2D eigenvalue weighted by Crippen LogP contribution is 2.50. The molecule has 0 radical (unpaired) electrons. The Balaban J connectivity index is 1.82. The van der Waals surface area contributed by atoms with Gasteiger partial charge in [-0.2, -0.15) is 0 Å². The summed E-state index contributed by atoms with van der Waals surface area (Å²) in [5.74, 6) is 0.412. The van der Waals surface area contributed by atoms with Crippen LogP contribution in [0.5, 0.6) is 0 Å². The number of ether oxygens (including phenoxy) is 2. The van der Waals surface area contributed by atoms with Crippen molar-refractivity contribution in [3.05, 3.63) is 11.6 Å². The fraction of sp³-hybridized carbons (Fsp3) is 0.750. The number of rotatable bonds is 1. The molecule has 2 fully saturated rings. The van der Waals surface area contributed by atoms with Gasteiger partial charge in [0.1, 0.15) is 6.29 Å². The van der Waals surface area contributed by atoms with E-state index < -0.39 is 5.79 Å². The highest BCUT2D eigenvalue weighted by Gasteiger charge is 2.54. The van der Waals surface area contributed by atoms with Gasteiger partial charge in [-0.25, -0.2) is 0 Å². The molecular formula is C12H16O3. The molecule has 1 heterocycles. The number of hydrogen-bond donors (Lipinski definition) is 0. The van der Waals surface area contributed by atoms with Crippen molar-refractivity contribution in [1.82, 2.24) is 0 Å². The molecule has 3 rings (SSSR count). The Bertz CT molecular complexity index is 332. The topological polar surface area (TPSA) is 35.5 Å². The van der Waals surface area contributed by atoms with E-state index in [9.17, 15) is 4.79 Å². The molecule has 1 saturated heterocycles. The molecule has 1 saturated carbocycles. The lowest BCUT2D eigenvalue weighted by Gasteiger charge is -2.22. The third-order valence-corrected chi connectivity index (χ3v) is 3.84. The largest absolute Gasteiger partial charge is 0.345 e. The SMILES string of the molecule is CC1(C)O[C@@H]2[C@@H]3CC=C(C=O)[C@@H]3C[C@@H]2O1. The summed E-state index contributed by atoms with van der Waals surface area (Å²) in [7, 11) is 0. The van der Waals surface area contributed by atoms with Crippen LogP contribution in [0, 0.1) is 11.8 Å². The first-order chi connectivity index (χ1) is 7.11. The van der Waals surface area contributed by atoms with Crippen molar-refractivity contribution in [1.29, 1.82) is 0 Å². The number of aldehydes is 1. The molecule has 4 atom stereocenters. The second kappa shape index (κ2) is 2.92. The maximum atomic E-state index is 10.8. The van der Waals surface area contributed by atoms with Crippen LogP contribution in [-0.2, 0) is 14.3 Å². The first kappa shape index (κ1) is 9.55. The average Bonchev–Trinajstić information content (AvgIpc) is 2.73. The third-order valence-electron chi connectivity index (χ3n) is 3.84. The van der Waals surface area contributed by atoms with Crippen molar-refractivity contribution in [3.8, 4) is 0 Å². The van der Waals surface area contributed by atoms with Crippen molar-refractivity contribution in [2.24, 2.45) is 11.8 Å². The van der Waals surface area contributed by atoms with Gasteiger partial charge in [0.15, 0.2) is 5.79 Å². The summed E-state index contributed by atoms with van der Waals surface area (Å²) < 4.78 is 11.7. The van der Waals surface area contributed by atoms with E-state index in [0.29, 0.717) is 11.8 Å². The van der Waals surface area contributed by atoms with Gasteiger partial charge in [-0.3, -0.25) is 4.79 Å². The summed E-state index contributed by atoms with van der Waals surface area (Å²) in [4.78, 5) is 10.8. The van der Waals surface area contributed by atoms with Crippen molar-refractivity contribution in [2.45, 2.75) is 44.7 Å². The van der Waals surface area contributed by atoms with Gasteiger partial charge in [0.2, 0.25) is 0 Å². The molecule has 0 aromatic heterocycles. The number of carbonyl (C=O) groups excluding carboxylic acids is 1. The van der Waals surface area contributed by atoms with Crippen LogP contribution in [0.25, 0.3) is 0 Å². The summed E-state index contributed by atoms with van der Waals surface area (Å²) in [5, 5.41) is 0. The highest BCUT2D eigenvalue weighted by molar-refractivity contribution is 5.75. The number of fused-ring (bicyclic) bond motifs is 3. The molecule has 0 bridgehead atoms. The van der Waals surface area contributed by atoms with Gasteiger partial charge < -0.3 is 9.47 Å². The minimum atomic E-state index is -0.440. The van der Waals surface area contributed by atoms with Crippen LogP contribution in [0.3, 0.4) is 0 Å². The highest BCUT2D eigenvalue weighted by atomic mass is 16.8. The molecule has 3 heteroatoms. The van der Waals surface area contributed by atoms with E-state index in [1.165, 1.54) is 0 Å². The van der Waals surface area contributed by atoms with Crippen LogP contribution in [-0.4, -0.2) is 24.3 Å². The maximum absolute atomic E-state index is 10.8. The predicted octanol–water partition coefficient (Wildman–Crippen LogP) is 1.67. The lowest BCUT2D eigenvalue weighted by Crippen LogP contribution is -2.26. The van der Waals surface area contributed by atoms with Gasteiger partial charge in [-0.05, 0) is 44.1 Å². The molecular weight excluding hydrogens is 192 g/mol. The smallest absolute Gasteiger partial charge is 0.163 e. The predicted molar refractivity (Wildman–Crippen MR) is 54.2 cm³/mol. The Labute approximate surface area is 89.4 Å². The molecule has 1 aliphatic heterocycles. The van der Waals surface area contributed by atoms with Crippen LogP contribution in [0.15, 0.2) is 11.6 Å². The van der Waals surface area contributed by atoms with Gasteiger partial charge in [-0.15, -0.1) is 0 Å². The standard InChI is InChI=1S/C12H16O3/c1-12(2)14-10-5-9-7(6-13)3-4-8(9)11(10)15-12/h3,6,8-11H,4-5H2,1-2H3/t8-,9+,10+,11-/m1/s1. The molecule has 0 spiro atoms. The van der Waals surface area contributed by atoms with E-state index in [-0.39, 0.29) is 12.2 Å². The molecule has 0 unspecified atom stereocenters. The summed E-state index contributed by atoms with van der Waals surface area (Å²) in [5.41, 5.74) is 0.958. The molecule has 82 valence electrons. The molecule has 0 N–H and O–H groups in total. The number of hydrogen-bond acceptors (Lipinski definition) is 3. The van der Waals surface area contributed by atoms with Crippen molar-refractivity contribution >= 4 is 6.29 Å². The van der Waals surface area contributed by atoms with E-state index in [1.54, 1.807) is 0 Å². The van der Waals surface area contributed by atoms with Crippen LogP contribution < -0.4 is 0 Å². The van der Waals surface area contributed by atoms with Crippen LogP contribution >= 0.6 is 0 Å². The molecule has 0 aromatic rings. The van der Waals surface area contributed by atoms with Gasteiger partial charge in [-0.1, -0.05) is 6.08 Å². The van der Waals surface area contributed by atoms with E-state index in [2.05, 4.69) is 6.08 Å². The van der Waals surface area contributed by atoms with Gasteiger partial charge in [0, 0.05) is 0 Å². The monoisotopic (exact) mass is 208 g/mol. The van der Waals surface area contributed by atoms with Crippen LogP contribution in [0.4, 0.5) is 0 Å². The second-order valence-electron chi connectivity index (χ2n) is 5.20. The quantitative estimate of drug-likeness (QED) is 0.615. The van der Waals surface area contributed by atoms with E-state index in [0.717, 1.165) is 24.7 Å². The summed E-state index contributed by atoms with van der Waals surface area (Å²) in [6.45, 7) is 3.92. The zero-order valence-electron chi connectivity index (χ0n) is 9.10. The van der Waals surface area contributed by atoms with E-state index in [1.807, 2.05) is 13.8 Å². The fourth-order valence-corrected chi connectivity index (χ4v) is 3.30.